The first-order chi connectivity index (χ1) is 19.8. The summed E-state index contributed by atoms with van der Waals surface area (Å²) >= 11 is 0. The lowest BCUT2D eigenvalue weighted by atomic mass is 9.79. The molecule has 0 bridgehead atoms. The monoisotopic (exact) mass is 605 g/mol. The molecule has 4 rings (SSSR count). The maximum absolute atomic E-state index is 14.0. The summed E-state index contributed by atoms with van der Waals surface area (Å²) in [7, 11) is 1.25. The first-order valence-corrected chi connectivity index (χ1v) is 12.9. The van der Waals surface area contributed by atoms with Gasteiger partial charge in [-0.2, -0.15) is 26.3 Å². The number of amides is 1. The molecular formula is C31H26F7N3O2. The van der Waals surface area contributed by atoms with E-state index in [0.717, 1.165) is 11.0 Å². The van der Waals surface area contributed by atoms with Gasteiger partial charge in [0.15, 0.2) is 5.78 Å². The maximum Gasteiger partial charge on any atom is 0.416 e. The van der Waals surface area contributed by atoms with E-state index in [1.165, 1.54) is 45.4 Å². The highest BCUT2D eigenvalue weighted by molar-refractivity contribution is 6.49. The van der Waals surface area contributed by atoms with E-state index >= 15 is 0 Å². The molecule has 226 valence electrons. The normalized spacial score (nSPS) is 16.1. The number of benzene rings is 2. The van der Waals surface area contributed by atoms with E-state index in [1.807, 2.05) is 0 Å². The van der Waals surface area contributed by atoms with Crippen LogP contribution in [-0.4, -0.2) is 34.3 Å². The van der Waals surface area contributed by atoms with E-state index < -0.39 is 57.9 Å². The lowest BCUT2D eigenvalue weighted by Crippen LogP contribution is -2.44. The van der Waals surface area contributed by atoms with Crippen molar-refractivity contribution in [3.63, 3.8) is 0 Å². The van der Waals surface area contributed by atoms with Crippen LogP contribution >= 0.6 is 0 Å². The predicted octanol–water partition coefficient (Wildman–Crippen LogP) is 7.31. The lowest BCUT2D eigenvalue weighted by molar-refractivity contribution is -0.144. The van der Waals surface area contributed by atoms with Gasteiger partial charge < -0.3 is 4.90 Å². The van der Waals surface area contributed by atoms with Crippen LogP contribution in [0.1, 0.15) is 58.8 Å². The van der Waals surface area contributed by atoms with Crippen molar-refractivity contribution in [2.75, 3.05) is 7.05 Å². The standard InChI is InChI=1S/C31H26F7N3O2/c1-16-10-22(32)6-7-23(16)25-24(15-40-26(27(25)42)18-8-9-39-17(2)11-18)41(5)28(43)29(3,4)19-12-20(30(33,34)35)14-21(13-19)31(36,37)38/h6-15,25H,1-5H3/t25-/m1/s1. The number of hydrogen-bond donors (Lipinski definition) is 0. The summed E-state index contributed by atoms with van der Waals surface area (Å²) in [6.07, 6.45) is -7.48. The average molecular weight is 606 g/mol. The number of nitrogens with zero attached hydrogens (tertiary/aromatic N) is 3. The zero-order valence-electron chi connectivity index (χ0n) is 23.7. The number of allylic oxidation sites excluding steroid dienone is 1. The summed E-state index contributed by atoms with van der Waals surface area (Å²) in [5.74, 6) is -3.21. The second-order valence-corrected chi connectivity index (χ2v) is 10.8. The Morgan fingerprint density at radius 1 is 0.860 bits per heavy atom. The minimum Gasteiger partial charge on any atom is -0.316 e. The minimum absolute atomic E-state index is 0.00957. The van der Waals surface area contributed by atoms with Crippen molar-refractivity contribution in [3.8, 4) is 0 Å². The topological polar surface area (TPSA) is 62.6 Å². The Morgan fingerprint density at radius 2 is 1.44 bits per heavy atom. The van der Waals surface area contributed by atoms with Gasteiger partial charge in [0.1, 0.15) is 11.5 Å². The highest BCUT2D eigenvalue weighted by Crippen LogP contribution is 2.41. The Morgan fingerprint density at radius 3 is 1.98 bits per heavy atom. The number of carbonyl (C=O) groups excluding carboxylic acids is 2. The van der Waals surface area contributed by atoms with Crippen molar-refractivity contribution in [3.05, 3.63) is 112 Å². The van der Waals surface area contributed by atoms with Gasteiger partial charge in [0.2, 0.25) is 5.91 Å². The average Bonchev–Trinajstić information content (AvgIpc) is 2.91. The van der Waals surface area contributed by atoms with E-state index in [-0.39, 0.29) is 17.5 Å². The van der Waals surface area contributed by atoms with Gasteiger partial charge in [0, 0.05) is 30.7 Å². The van der Waals surface area contributed by atoms with Crippen LogP contribution in [0.2, 0.25) is 0 Å². The number of alkyl halides is 6. The number of aryl methyl sites for hydroxylation is 2. The molecule has 0 unspecified atom stereocenters. The third kappa shape index (κ3) is 6.23. The number of rotatable bonds is 5. The molecule has 0 saturated heterocycles. The highest BCUT2D eigenvalue weighted by atomic mass is 19.4. The van der Waals surface area contributed by atoms with E-state index in [4.69, 9.17) is 0 Å². The number of carbonyl (C=O) groups is 2. The molecule has 1 aromatic heterocycles. The number of aromatic nitrogens is 1. The van der Waals surface area contributed by atoms with Crippen LogP contribution in [0, 0.1) is 19.7 Å². The SMILES string of the molecule is Cc1cc(C2=NC=C(N(C)C(=O)C(C)(C)c3cc(C(F)(F)F)cc(C(F)(F)F)c3)[C@@H](c3ccc(F)cc3C)C2=O)ccn1. The largest absolute Gasteiger partial charge is 0.416 e. The molecule has 43 heavy (non-hydrogen) atoms. The molecule has 2 heterocycles. The molecule has 1 amide bonds. The number of halogens is 7. The molecular weight excluding hydrogens is 579 g/mol. The smallest absolute Gasteiger partial charge is 0.316 e. The second kappa shape index (κ2) is 11.1. The Kier molecular flexibility index (Phi) is 8.12. The zero-order valence-corrected chi connectivity index (χ0v) is 23.7. The minimum atomic E-state index is -5.11. The third-order valence-corrected chi connectivity index (χ3v) is 7.37. The molecule has 1 aliphatic heterocycles. The van der Waals surface area contributed by atoms with Gasteiger partial charge in [-0.3, -0.25) is 19.6 Å². The van der Waals surface area contributed by atoms with Crippen molar-refractivity contribution >= 4 is 17.4 Å². The predicted molar refractivity (Wildman–Crippen MR) is 145 cm³/mol. The first-order valence-electron chi connectivity index (χ1n) is 12.9. The fourth-order valence-corrected chi connectivity index (χ4v) is 4.97. The van der Waals surface area contributed by atoms with Crippen molar-refractivity contribution in [2.45, 2.75) is 51.4 Å². The number of hydrogen-bond acceptors (Lipinski definition) is 4. The number of ketones is 1. The van der Waals surface area contributed by atoms with Crippen LogP contribution in [-0.2, 0) is 27.4 Å². The van der Waals surface area contributed by atoms with Crippen LogP contribution in [0.5, 0.6) is 0 Å². The fraction of sp³-hybridized carbons (Fsp3) is 0.290. The van der Waals surface area contributed by atoms with Crippen molar-refractivity contribution in [1.29, 1.82) is 0 Å². The number of pyridine rings is 1. The number of aliphatic imine (C=N–C) groups is 1. The molecule has 1 aliphatic rings. The Bertz CT molecular complexity index is 1640. The Balaban J connectivity index is 1.85. The van der Waals surface area contributed by atoms with Crippen LogP contribution in [0.25, 0.3) is 0 Å². The molecule has 0 spiro atoms. The van der Waals surface area contributed by atoms with Crippen LogP contribution in [0.15, 0.2) is 71.6 Å². The fourth-order valence-electron chi connectivity index (χ4n) is 4.97. The first kappa shape index (κ1) is 31.6. The quantitative estimate of drug-likeness (QED) is 0.287. The second-order valence-electron chi connectivity index (χ2n) is 10.8. The van der Waals surface area contributed by atoms with Gasteiger partial charge in [-0.05, 0) is 86.8 Å². The van der Waals surface area contributed by atoms with Gasteiger partial charge in [-0.25, -0.2) is 4.39 Å². The van der Waals surface area contributed by atoms with E-state index in [1.54, 1.807) is 26.0 Å². The number of Topliss-reactive ketones (excluding diaryl/α,β-unsaturated/α-hetero) is 1. The molecule has 1 atom stereocenters. The third-order valence-electron chi connectivity index (χ3n) is 7.37. The summed E-state index contributed by atoms with van der Waals surface area (Å²) in [4.78, 5) is 37.3. The molecule has 0 radical (unpaired) electrons. The Hall–Kier alpha value is -4.35. The van der Waals surface area contributed by atoms with Gasteiger partial charge in [-0.1, -0.05) is 6.07 Å². The Labute approximate surface area is 242 Å². The van der Waals surface area contributed by atoms with E-state index in [2.05, 4.69) is 9.98 Å². The molecule has 0 N–H and O–H groups in total. The molecule has 0 aliphatic carbocycles. The van der Waals surface area contributed by atoms with E-state index in [0.29, 0.717) is 34.5 Å². The van der Waals surface area contributed by atoms with Crippen molar-refractivity contribution < 1.29 is 40.3 Å². The summed E-state index contributed by atoms with van der Waals surface area (Å²) < 4.78 is 95.4. The lowest BCUT2D eigenvalue weighted by Gasteiger charge is -2.35. The molecule has 5 nitrogen and oxygen atoms in total. The summed E-state index contributed by atoms with van der Waals surface area (Å²) in [5.41, 5.74) is -3.76. The van der Waals surface area contributed by atoms with Crippen LogP contribution < -0.4 is 0 Å². The highest BCUT2D eigenvalue weighted by Gasteiger charge is 2.43. The molecule has 0 saturated carbocycles. The molecule has 12 heteroatoms. The molecule has 3 aromatic rings. The van der Waals surface area contributed by atoms with E-state index in [9.17, 15) is 40.3 Å². The molecule has 2 aromatic carbocycles. The summed E-state index contributed by atoms with van der Waals surface area (Å²) in [6.45, 7) is 5.67. The maximum atomic E-state index is 14.0. The zero-order chi connectivity index (χ0) is 32.1. The van der Waals surface area contributed by atoms with Gasteiger partial charge in [0.25, 0.3) is 0 Å². The van der Waals surface area contributed by atoms with Gasteiger partial charge in [0.05, 0.1) is 28.2 Å². The van der Waals surface area contributed by atoms with Crippen LogP contribution in [0.3, 0.4) is 0 Å². The van der Waals surface area contributed by atoms with Gasteiger partial charge in [-0.15, -0.1) is 0 Å². The van der Waals surface area contributed by atoms with Gasteiger partial charge >= 0.3 is 12.4 Å². The van der Waals surface area contributed by atoms with Crippen molar-refractivity contribution in [1.82, 2.24) is 9.88 Å². The van der Waals surface area contributed by atoms with Crippen LogP contribution in [0.4, 0.5) is 30.7 Å². The number of likely N-dealkylation sites (N-methyl/N-ethyl adjacent to an activating group) is 1. The molecule has 0 fully saturated rings. The summed E-state index contributed by atoms with van der Waals surface area (Å²) in [5, 5.41) is 0. The summed E-state index contributed by atoms with van der Waals surface area (Å²) in [6, 6.07) is 7.93. The van der Waals surface area contributed by atoms with Crippen molar-refractivity contribution in [2.24, 2.45) is 4.99 Å².